The lowest BCUT2D eigenvalue weighted by molar-refractivity contribution is 0.323. The monoisotopic (exact) mass is 317 g/mol. The van der Waals surface area contributed by atoms with Gasteiger partial charge in [0, 0.05) is 23.9 Å². The van der Waals surface area contributed by atoms with Crippen LogP contribution in [0.3, 0.4) is 0 Å². The summed E-state index contributed by atoms with van der Waals surface area (Å²) in [5.74, 6) is 0.844. The first-order chi connectivity index (χ1) is 10.7. The van der Waals surface area contributed by atoms with E-state index in [1.165, 1.54) is 22.6 Å². The molecule has 1 fully saturated rings. The fourth-order valence-electron chi connectivity index (χ4n) is 2.74. The highest BCUT2D eigenvalue weighted by molar-refractivity contribution is 7.09. The van der Waals surface area contributed by atoms with Crippen LogP contribution in [-0.2, 0) is 6.42 Å². The quantitative estimate of drug-likeness (QED) is 0.657. The number of nitrogens with zero attached hydrogens (tertiary/aromatic N) is 1. The number of rotatable bonds is 5. The zero-order chi connectivity index (χ0) is 15.4. The first kappa shape index (κ1) is 15.0. The zero-order valence-corrected chi connectivity index (χ0v) is 13.2. The molecule has 1 aromatic heterocycles. The lowest BCUT2D eigenvalue weighted by Crippen LogP contribution is -2.46. The Morgan fingerprint density at radius 3 is 2.73 bits per heavy atom. The minimum Gasteiger partial charge on any atom is -0.370 e. The topological polar surface area (TPSA) is 50.4 Å². The van der Waals surface area contributed by atoms with E-state index in [0.29, 0.717) is 24.5 Å². The molecule has 0 saturated heterocycles. The molecule has 0 spiro atoms. The molecular weight excluding hydrogens is 297 g/mol. The highest BCUT2D eigenvalue weighted by atomic mass is 32.1. The van der Waals surface area contributed by atoms with Crippen LogP contribution in [0.15, 0.2) is 46.8 Å². The highest BCUT2D eigenvalue weighted by Gasteiger charge is 2.30. The molecule has 1 heterocycles. The van der Waals surface area contributed by atoms with Crippen LogP contribution < -0.4 is 11.1 Å². The van der Waals surface area contributed by atoms with E-state index in [-0.39, 0.29) is 5.82 Å². The van der Waals surface area contributed by atoms with Crippen molar-refractivity contribution in [3.63, 3.8) is 0 Å². The molecule has 0 amide bonds. The van der Waals surface area contributed by atoms with Crippen LogP contribution >= 0.6 is 11.3 Å². The Balaban J connectivity index is 1.40. The van der Waals surface area contributed by atoms with Gasteiger partial charge in [0.15, 0.2) is 5.96 Å². The molecule has 0 bridgehead atoms. The van der Waals surface area contributed by atoms with Gasteiger partial charge in [0.1, 0.15) is 5.82 Å². The third kappa shape index (κ3) is 3.85. The molecule has 3 N–H and O–H groups in total. The number of thiophene rings is 1. The van der Waals surface area contributed by atoms with Crippen LogP contribution in [0.4, 0.5) is 4.39 Å². The van der Waals surface area contributed by atoms with Crippen molar-refractivity contribution in [3.05, 3.63) is 58.0 Å². The Labute approximate surface area is 134 Å². The first-order valence-corrected chi connectivity index (χ1v) is 8.43. The van der Waals surface area contributed by atoms with Gasteiger partial charge in [0.05, 0.1) is 0 Å². The van der Waals surface area contributed by atoms with Gasteiger partial charge in [-0.1, -0.05) is 18.2 Å². The van der Waals surface area contributed by atoms with Crippen LogP contribution in [0.5, 0.6) is 0 Å². The molecule has 0 radical (unpaired) electrons. The van der Waals surface area contributed by atoms with E-state index in [2.05, 4.69) is 27.8 Å². The Hall–Kier alpha value is -1.88. The van der Waals surface area contributed by atoms with Crippen molar-refractivity contribution >= 4 is 17.3 Å². The zero-order valence-electron chi connectivity index (χ0n) is 12.3. The summed E-state index contributed by atoms with van der Waals surface area (Å²) in [7, 11) is 0. The number of hydrogen-bond acceptors (Lipinski definition) is 2. The molecule has 3 nitrogen and oxygen atoms in total. The number of nitrogens with two attached hydrogens (primary N) is 1. The summed E-state index contributed by atoms with van der Waals surface area (Å²) < 4.78 is 12.9. The van der Waals surface area contributed by atoms with Crippen LogP contribution in [0.25, 0.3) is 0 Å². The minimum absolute atomic E-state index is 0.181. The average Bonchev–Trinajstić information content (AvgIpc) is 2.97. The molecule has 1 saturated carbocycles. The average molecular weight is 317 g/mol. The second-order valence-electron chi connectivity index (χ2n) is 5.66. The van der Waals surface area contributed by atoms with Crippen LogP contribution in [0, 0.1) is 5.82 Å². The van der Waals surface area contributed by atoms with E-state index in [1.807, 2.05) is 12.1 Å². The second-order valence-corrected chi connectivity index (χ2v) is 6.69. The van der Waals surface area contributed by atoms with Gasteiger partial charge in [0.2, 0.25) is 0 Å². The maximum atomic E-state index is 12.9. The van der Waals surface area contributed by atoms with Gasteiger partial charge >= 0.3 is 0 Å². The van der Waals surface area contributed by atoms with Gasteiger partial charge in [-0.3, -0.25) is 4.99 Å². The number of halogens is 1. The van der Waals surface area contributed by atoms with Crippen molar-refractivity contribution in [2.45, 2.75) is 31.2 Å². The Kier molecular flexibility index (Phi) is 4.73. The normalized spacial score (nSPS) is 21.4. The first-order valence-electron chi connectivity index (χ1n) is 7.55. The molecule has 0 atom stereocenters. The fraction of sp³-hybridized carbons (Fsp3) is 0.353. The van der Waals surface area contributed by atoms with Crippen LogP contribution in [0.1, 0.15) is 29.2 Å². The standard InChI is InChI=1S/C17H20FN3S/c18-14-5-3-12(4-6-14)13-10-15(11-13)21-17(19)20-8-7-16-2-1-9-22-16/h1-6,9,13,15H,7-8,10-11H2,(H3,19,20,21). The lowest BCUT2D eigenvalue weighted by Gasteiger charge is -2.36. The second kappa shape index (κ2) is 6.92. The van der Waals surface area contributed by atoms with E-state index < -0.39 is 0 Å². The van der Waals surface area contributed by atoms with Crippen molar-refractivity contribution < 1.29 is 4.39 Å². The molecule has 116 valence electrons. The van der Waals surface area contributed by atoms with Crippen molar-refractivity contribution in [2.75, 3.05) is 6.54 Å². The van der Waals surface area contributed by atoms with Crippen LogP contribution in [-0.4, -0.2) is 18.5 Å². The maximum absolute atomic E-state index is 12.9. The summed E-state index contributed by atoms with van der Waals surface area (Å²) in [6.07, 6.45) is 2.97. The Morgan fingerprint density at radius 1 is 1.27 bits per heavy atom. The predicted octanol–water partition coefficient (Wildman–Crippen LogP) is 3.28. The molecule has 3 rings (SSSR count). The summed E-state index contributed by atoms with van der Waals surface area (Å²) in [6, 6.07) is 11.3. The van der Waals surface area contributed by atoms with Crippen molar-refractivity contribution in [1.82, 2.24) is 5.32 Å². The fourth-order valence-corrected chi connectivity index (χ4v) is 3.44. The smallest absolute Gasteiger partial charge is 0.188 e. The number of aliphatic imine (C=N–C) groups is 1. The van der Waals surface area contributed by atoms with E-state index in [1.54, 1.807) is 11.3 Å². The van der Waals surface area contributed by atoms with E-state index >= 15 is 0 Å². The summed E-state index contributed by atoms with van der Waals surface area (Å²) in [5.41, 5.74) is 7.12. The summed E-state index contributed by atoms with van der Waals surface area (Å²) >= 11 is 1.75. The number of hydrogen-bond donors (Lipinski definition) is 2. The molecular formula is C17H20FN3S. The van der Waals surface area contributed by atoms with Crippen molar-refractivity contribution in [1.29, 1.82) is 0 Å². The third-order valence-corrected chi connectivity index (χ3v) is 4.99. The van der Waals surface area contributed by atoms with E-state index in [9.17, 15) is 4.39 Å². The molecule has 1 aliphatic rings. The SMILES string of the molecule is NC(=NCCc1cccs1)NC1CC(c2ccc(F)cc2)C1. The Bertz CT molecular complexity index is 616. The van der Waals surface area contributed by atoms with Gasteiger partial charge in [0.25, 0.3) is 0 Å². The van der Waals surface area contributed by atoms with E-state index in [0.717, 1.165) is 19.3 Å². The molecule has 2 aromatic rings. The summed E-state index contributed by atoms with van der Waals surface area (Å²) in [4.78, 5) is 5.70. The molecule has 22 heavy (non-hydrogen) atoms. The van der Waals surface area contributed by atoms with Crippen molar-refractivity contribution in [2.24, 2.45) is 10.7 Å². The lowest BCUT2D eigenvalue weighted by atomic mass is 9.76. The minimum atomic E-state index is -0.181. The van der Waals surface area contributed by atoms with E-state index in [4.69, 9.17) is 5.73 Å². The number of benzene rings is 1. The molecule has 1 aromatic carbocycles. The summed E-state index contributed by atoms with van der Waals surface area (Å²) in [5, 5.41) is 5.34. The number of nitrogens with one attached hydrogen (secondary N) is 1. The maximum Gasteiger partial charge on any atom is 0.188 e. The summed E-state index contributed by atoms with van der Waals surface area (Å²) in [6.45, 7) is 0.716. The Morgan fingerprint density at radius 2 is 2.05 bits per heavy atom. The number of guanidine groups is 1. The highest BCUT2D eigenvalue weighted by Crippen LogP contribution is 2.36. The molecule has 5 heteroatoms. The van der Waals surface area contributed by atoms with Gasteiger partial charge in [-0.2, -0.15) is 0 Å². The van der Waals surface area contributed by atoms with Crippen LogP contribution in [0.2, 0.25) is 0 Å². The third-order valence-electron chi connectivity index (χ3n) is 4.05. The van der Waals surface area contributed by atoms with Gasteiger partial charge in [-0.25, -0.2) is 4.39 Å². The molecule has 0 aliphatic heterocycles. The molecule has 0 unspecified atom stereocenters. The van der Waals surface area contributed by atoms with Gasteiger partial charge in [-0.05, 0) is 47.9 Å². The van der Waals surface area contributed by atoms with Gasteiger partial charge in [-0.15, -0.1) is 11.3 Å². The predicted molar refractivity (Wildman–Crippen MR) is 89.8 cm³/mol. The molecule has 1 aliphatic carbocycles. The van der Waals surface area contributed by atoms with Gasteiger partial charge < -0.3 is 11.1 Å². The van der Waals surface area contributed by atoms with Crippen molar-refractivity contribution in [3.8, 4) is 0 Å². The largest absolute Gasteiger partial charge is 0.370 e.